The number of nitrogens with two attached hydrogens (primary N) is 1. The Morgan fingerprint density at radius 3 is 2.93 bits per heavy atom. The molecule has 0 amide bonds. The molecule has 0 aliphatic heterocycles. The number of benzene rings is 1. The Kier molecular flexibility index (Phi) is 4.92. The summed E-state index contributed by atoms with van der Waals surface area (Å²) in [4.78, 5) is 0. The third kappa shape index (κ3) is 2.97. The monoisotopic (exact) mass is 277 g/mol. The molecule has 0 saturated heterocycles. The summed E-state index contributed by atoms with van der Waals surface area (Å²) < 4.78 is 14.0. The van der Waals surface area contributed by atoms with Crippen molar-refractivity contribution in [3.63, 3.8) is 0 Å². The molecule has 0 heterocycles. The van der Waals surface area contributed by atoms with E-state index in [1.165, 1.54) is 0 Å². The van der Waals surface area contributed by atoms with E-state index >= 15 is 0 Å². The normalized spacial score (nSPS) is 12.9. The first-order chi connectivity index (χ1) is 6.66. The van der Waals surface area contributed by atoms with Gasteiger partial charge in [0, 0.05) is 17.4 Å². The summed E-state index contributed by atoms with van der Waals surface area (Å²) in [6, 6.07) is 5.00. The second kappa shape index (κ2) is 5.73. The summed E-state index contributed by atoms with van der Waals surface area (Å²) in [5.41, 5.74) is 6.45. The van der Waals surface area contributed by atoms with Crippen molar-refractivity contribution < 1.29 is 4.39 Å². The molecule has 1 unspecified atom stereocenters. The van der Waals surface area contributed by atoms with Gasteiger partial charge in [-0.2, -0.15) is 11.8 Å². The highest BCUT2D eigenvalue weighted by Crippen LogP contribution is 2.24. The highest BCUT2D eigenvalue weighted by molar-refractivity contribution is 9.10. The van der Waals surface area contributed by atoms with Crippen molar-refractivity contribution >= 4 is 27.7 Å². The minimum absolute atomic E-state index is 0.225. The van der Waals surface area contributed by atoms with Crippen LogP contribution in [0.3, 0.4) is 0 Å². The first-order valence-corrected chi connectivity index (χ1v) is 6.38. The van der Waals surface area contributed by atoms with E-state index in [2.05, 4.69) is 22.9 Å². The molecule has 0 radical (unpaired) electrons. The van der Waals surface area contributed by atoms with Crippen LogP contribution in [0.2, 0.25) is 0 Å². The van der Waals surface area contributed by atoms with Gasteiger partial charge in [0.05, 0.1) is 4.47 Å². The molecule has 0 saturated carbocycles. The summed E-state index contributed by atoms with van der Waals surface area (Å²) in [6.45, 7) is 2.06. The van der Waals surface area contributed by atoms with Crippen LogP contribution >= 0.6 is 27.7 Å². The predicted octanol–water partition coefficient (Wildman–Crippen LogP) is 3.34. The molecule has 0 fully saturated rings. The lowest BCUT2D eigenvalue weighted by atomic mass is 10.1. The van der Waals surface area contributed by atoms with E-state index in [0.717, 1.165) is 11.5 Å². The van der Waals surface area contributed by atoms with Gasteiger partial charge in [-0.3, -0.25) is 0 Å². The number of hydrogen-bond donors (Lipinski definition) is 1. The number of halogens is 2. The smallest absolute Gasteiger partial charge is 0.142 e. The molecule has 0 spiro atoms. The largest absolute Gasteiger partial charge is 0.323 e. The molecule has 14 heavy (non-hydrogen) atoms. The molecule has 0 aliphatic carbocycles. The lowest BCUT2D eigenvalue weighted by molar-refractivity contribution is 0.589. The van der Waals surface area contributed by atoms with E-state index in [1.807, 2.05) is 0 Å². The Morgan fingerprint density at radius 2 is 2.29 bits per heavy atom. The molecule has 0 bridgehead atoms. The van der Waals surface area contributed by atoms with Crippen molar-refractivity contribution in [2.75, 3.05) is 11.5 Å². The van der Waals surface area contributed by atoms with E-state index in [9.17, 15) is 4.39 Å². The minimum Gasteiger partial charge on any atom is -0.323 e. The highest BCUT2D eigenvalue weighted by atomic mass is 79.9. The SMILES string of the molecule is CCSCC(N)c1cccc(Br)c1F. The summed E-state index contributed by atoms with van der Waals surface area (Å²) in [6.07, 6.45) is 0. The number of rotatable bonds is 4. The molecular formula is C10H13BrFNS. The summed E-state index contributed by atoms with van der Waals surface area (Å²) in [5.74, 6) is 1.52. The van der Waals surface area contributed by atoms with Crippen LogP contribution in [-0.4, -0.2) is 11.5 Å². The minimum atomic E-state index is -0.239. The lowest BCUT2D eigenvalue weighted by Crippen LogP contribution is -2.15. The summed E-state index contributed by atoms with van der Waals surface area (Å²) in [7, 11) is 0. The van der Waals surface area contributed by atoms with Gasteiger partial charge >= 0.3 is 0 Å². The second-order valence-corrected chi connectivity index (χ2v) is 5.08. The van der Waals surface area contributed by atoms with Crippen molar-refractivity contribution in [1.82, 2.24) is 0 Å². The zero-order valence-electron chi connectivity index (χ0n) is 7.97. The predicted molar refractivity (Wildman–Crippen MR) is 64.0 cm³/mol. The van der Waals surface area contributed by atoms with Gasteiger partial charge in [-0.25, -0.2) is 4.39 Å². The van der Waals surface area contributed by atoms with Gasteiger partial charge in [-0.05, 0) is 27.7 Å². The average molecular weight is 278 g/mol. The van der Waals surface area contributed by atoms with Gasteiger partial charge < -0.3 is 5.73 Å². The van der Waals surface area contributed by atoms with Crippen LogP contribution < -0.4 is 5.73 Å². The summed E-state index contributed by atoms with van der Waals surface area (Å²) in [5, 5.41) is 0. The standard InChI is InChI=1S/C10H13BrFNS/c1-2-14-6-9(13)7-4-3-5-8(11)10(7)12/h3-5,9H,2,6,13H2,1H3. The fourth-order valence-electron chi connectivity index (χ4n) is 1.14. The fraction of sp³-hybridized carbons (Fsp3) is 0.400. The van der Waals surface area contributed by atoms with Gasteiger partial charge in [0.1, 0.15) is 5.82 Å². The van der Waals surface area contributed by atoms with Crippen molar-refractivity contribution in [3.8, 4) is 0 Å². The average Bonchev–Trinajstić information content (AvgIpc) is 2.18. The van der Waals surface area contributed by atoms with Crippen LogP contribution in [0.5, 0.6) is 0 Å². The van der Waals surface area contributed by atoms with E-state index < -0.39 is 0 Å². The molecular weight excluding hydrogens is 265 g/mol. The van der Waals surface area contributed by atoms with Gasteiger partial charge in [0.2, 0.25) is 0 Å². The first kappa shape index (κ1) is 12.0. The highest BCUT2D eigenvalue weighted by Gasteiger charge is 2.12. The molecule has 1 aromatic rings. The van der Waals surface area contributed by atoms with Gasteiger partial charge in [0.25, 0.3) is 0 Å². The van der Waals surface area contributed by atoms with Crippen LogP contribution in [0.15, 0.2) is 22.7 Å². The van der Waals surface area contributed by atoms with Crippen LogP contribution in [0.1, 0.15) is 18.5 Å². The molecule has 78 valence electrons. The third-order valence-corrected chi connectivity index (χ3v) is 3.50. The van der Waals surface area contributed by atoms with Crippen molar-refractivity contribution in [1.29, 1.82) is 0 Å². The molecule has 1 atom stereocenters. The number of thioether (sulfide) groups is 1. The van der Waals surface area contributed by atoms with E-state index in [4.69, 9.17) is 5.73 Å². The van der Waals surface area contributed by atoms with Crippen LogP contribution in [0.25, 0.3) is 0 Å². The topological polar surface area (TPSA) is 26.0 Å². The quantitative estimate of drug-likeness (QED) is 0.914. The first-order valence-electron chi connectivity index (χ1n) is 4.44. The fourth-order valence-corrected chi connectivity index (χ4v) is 2.19. The van der Waals surface area contributed by atoms with Crippen molar-refractivity contribution in [2.45, 2.75) is 13.0 Å². The van der Waals surface area contributed by atoms with E-state index in [-0.39, 0.29) is 11.9 Å². The van der Waals surface area contributed by atoms with Crippen LogP contribution in [-0.2, 0) is 0 Å². The zero-order chi connectivity index (χ0) is 10.6. The van der Waals surface area contributed by atoms with Gasteiger partial charge in [-0.1, -0.05) is 19.1 Å². The Morgan fingerprint density at radius 1 is 1.57 bits per heavy atom. The Labute approximate surface area is 96.4 Å². The van der Waals surface area contributed by atoms with Gasteiger partial charge in [-0.15, -0.1) is 0 Å². The van der Waals surface area contributed by atoms with Crippen LogP contribution in [0, 0.1) is 5.82 Å². The second-order valence-electron chi connectivity index (χ2n) is 2.91. The van der Waals surface area contributed by atoms with E-state index in [1.54, 1.807) is 30.0 Å². The Hall–Kier alpha value is -0.0600. The van der Waals surface area contributed by atoms with E-state index in [0.29, 0.717) is 10.0 Å². The molecule has 1 aromatic carbocycles. The maximum atomic E-state index is 13.5. The molecule has 1 rings (SSSR count). The lowest BCUT2D eigenvalue weighted by Gasteiger charge is -2.12. The third-order valence-electron chi connectivity index (χ3n) is 1.88. The van der Waals surface area contributed by atoms with Crippen molar-refractivity contribution in [2.24, 2.45) is 5.73 Å². The Bertz CT molecular complexity index is 306. The number of hydrogen-bond acceptors (Lipinski definition) is 2. The summed E-state index contributed by atoms with van der Waals surface area (Å²) >= 11 is 4.86. The van der Waals surface area contributed by atoms with Crippen LogP contribution in [0.4, 0.5) is 4.39 Å². The maximum Gasteiger partial charge on any atom is 0.142 e. The molecule has 2 N–H and O–H groups in total. The molecule has 0 aliphatic rings. The maximum absolute atomic E-state index is 13.5. The zero-order valence-corrected chi connectivity index (χ0v) is 10.4. The molecule has 1 nitrogen and oxygen atoms in total. The molecule has 0 aromatic heterocycles. The van der Waals surface area contributed by atoms with Gasteiger partial charge in [0.15, 0.2) is 0 Å². The van der Waals surface area contributed by atoms with Crippen molar-refractivity contribution in [3.05, 3.63) is 34.1 Å². The molecule has 4 heteroatoms. The Balaban J connectivity index is 2.79.